The number of ether oxygens (including phenoxy) is 1. The van der Waals surface area contributed by atoms with Crippen molar-refractivity contribution in [2.75, 3.05) is 25.0 Å². The first-order valence-corrected chi connectivity index (χ1v) is 11.0. The van der Waals surface area contributed by atoms with Crippen molar-refractivity contribution in [1.82, 2.24) is 25.1 Å². The van der Waals surface area contributed by atoms with Crippen molar-refractivity contribution < 1.29 is 9.53 Å². The van der Waals surface area contributed by atoms with E-state index >= 15 is 0 Å². The van der Waals surface area contributed by atoms with Crippen LogP contribution in [-0.2, 0) is 16.0 Å². The number of aryl methyl sites for hydroxylation is 3. The van der Waals surface area contributed by atoms with Crippen LogP contribution in [0, 0.1) is 20.8 Å². The maximum absolute atomic E-state index is 12.7. The van der Waals surface area contributed by atoms with Gasteiger partial charge in [0.05, 0.1) is 36.0 Å². The summed E-state index contributed by atoms with van der Waals surface area (Å²) in [6.45, 7) is 7.36. The standard InChI is InChI=1S/C19H22N6O2S2/c1-11-6-14(22-19-24-23-13(3)29-19)7-16(20-11)17-9-25(4-5-27-17)18(26)8-15-10-28-12(2)21-15/h6-7,10,17H,4-5,8-9H2,1-3H3,(H,20,22,24). The molecule has 10 heteroatoms. The second kappa shape index (κ2) is 8.52. The molecular weight excluding hydrogens is 408 g/mol. The first-order valence-electron chi connectivity index (χ1n) is 9.32. The zero-order valence-electron chi connectivity index (χ0n) is 16.5. The minimum atomic E-state index is -0.263. The third kappa shape index (κ3) is 4.95. The number of hydrogen-bond acceptors (Lipinski definition) is 9. The number of pyridine rings is 1. The molecule has 3 aromatic rings. The van der Waals surface area contributed by atoms with Gasteiger partial charge in [-0.05, 0) is 32.9 Å². The summed E-state index contributed by atoms with van der Waals surface area (Å²) in [6.07, 6.45) is 0.0584. The van der Waals surface area contributed by atoms with Gasteiger partial charge in [-0.2, -0.15) is 0 Å². The van der Waals surface area contributed by atoms with Gasteiger partial charge >= 0.3 is 0 Å². The molecule has 29 heavy (non-hydrogen) atoms. The maximum atomic E-state index is 12.7. The van der Waals surface area contributed by atoms with E-state index in [1.54, 1.807) is 11.3 Å². The number of nitrogens with zero attached hydrogens (tertiary/aromatic N) is 5. The monoisotopic (exact) mass is 430 g/mol. The Bertz CT molecular complexity index is 1020. The van der Waals surface area contributed by atoms with Crippen LogP contribution in [0.1, 0.15) is 33.2 Å². The predicted octanol–water partition coefficient (Wildman–Crippen LogP) is 3.20. The van der Waals surface area contributed by atoms with Crippen LogP contribution in [0.3, 0.4) is 0 Å². The molecule has 1 aliphatic heterocycles. The van der Waals surface area contributed by atoms with Crippen LogP contribution in [0.4, 0.5) is 10.8 Å². The molecule has 1 unspecified atom stereocenters. The summed E-state index contributed by atoms with van der Waals surface area (Å²) < 4.78 is 5.94. The first-order chi connectivity index (χ1) is 14.0. The van der Waals surface area contributed by atoms with Gasteiger partial charge in [0.1, 0.15) is 11.1 Å². The van der Waals surface area contributed by atoms with E-state index in [1.807, 2.05) is 43.2 Å². The van der Waals surface area contributed by atoms with Gasteiger partial charge in [-0.1, -0.05) is 11.3 Å². The van der Waals surface area contributed by atoms with E-state index in [-0.39, 0.29) is 12.0 Å². The average molecular weight is 431 g/mol. The Kier molecular flexibility index (Phi) is 5.84. The molecule has 0 radical (unpaired) electrons. The summed E-state index contributed by atoms with van der Waals surface area (Å²) in [4.78, 5) is 23.6. The Morgan fingerprint density at radius 3 is 2.83 bits per heavy atom. The minimum absolute atomic E-state index is 0.0685. The highest BCUT2D eigenvalue weighted by Gasteiger charge is 2.27. The third-order valence-electron chi connectivity index (χ3n) is 4.50. The molecule has 1 saturated heterocycles. The molecule has 0 aromatic carbocycles. The van der Waals surface area contributed by atoms with E-state index in [2.05, 4.69) is 25.5 Å². The van der Waals surface area contributed by atoms with Crippen LogP contribution in [0.2, 0.25) is 0 Å². The first kappa shape index (κ1) is 19.9. The fourth-order valence-corrected chi connectivity index (χ4v) is 4.44. The SMILES string of the molecule is Cc1cc(Nc2nnc(C)s2)cc(C2CN(C(=O)Cc3csc(C)n3)CCO2)n1. The summed E-state index contributed by atoms with van der Waals surface area (Å²) in [5.41, 5.74) is 3.38. The van der Waals surface area contributed by atoms with E-state index in [1.165, 1.54) is 11.3 Å². The molecule has 4 heterocycles. The zero-order chi connectivity index (χ0) is 20.4. The lowest BCUT2D eigenvalue weighted by Crippen LogP contribution is -2.43. The normalized spacial score (nSPS) is 16.8. The van der Waals surface area contributed by atoms with Crippen molar-refractivity contribution in [2.24, 2.45) is 0 Å². The highest BCUT2D eigenvalue weighted by molar-refractivity contribution is 7.15. The number of carbonyl (C=O) groups is 1. The minimum Gasteiger partial charge on any atom is -0.368 e. The topological polar surface area (TPSA) is 93.1 Å². The summed E-state index contributed by atoms with van der Waals surface area (Å²) in [5, 5.41) is 16.0. The smallest absolute Gasteiger partial charge is 0.228 e. The van der Waals surface area contributed by atoms with Gasteiger partial charge in [-0.3, -0.25) is 9.78 Å². The number of morpholine rings is 1. The number of aromatic nitrogens is 4. The van der Waals surface area contributed by atoms with Crippen LogP contribution >= 0.6 is 22.7 Å². The number of carbonyl (C=O) groups excluding carboxylic acids is 1. The summed E-state index contributed by atoms with van der Waals surface area (Å²) in [5.74, 6) is 0.0685. The Morgan fingerprint density at radius 1 is 1.24 bits per heavy atom. The second-order valence-electron chi connectivity index (χ2n) is 6.91. The number of anilines is 2. The van der Waals surface area contributed by atoms with Crippen molar-refractivity contribution in [3.05, 3.63) is 44.6 Å². The highest BCUT2D eigenvalue weighted by Crippen LogP contribution is 2.27. The molecule has 1 atom stereocenters. The van der Waals surface area contributed by atoms with Gasteiger partial charge in [0.15, 0.2) is 0 Å². The van der Waals surface area contributed by atoms with Crippen LogP contribution in [0.5, 0.6) is 0 Å². The lowest BCUT2D eigenvalue weighted by Gasteiger charge is -2.33. The summed E-state index contributed by atoms with van der Waals surface area (Å²) in [7, 11) is 0. The molecule has 0 aliphatic carbocycles. The average Bonchev–Trinajstić information content (AvgIpc) is 3.29. The fraction of sp³-hybridized carbons (Fsp3) is 0.421. The molecule has 1 N–H and O–H groups in total. The van der Waals surface area contributed by atoms with Gasteiger partial charge in [-0.25, -0.2) is 4.98 Å². The van der Waals surface area contributed by atoms with E-state index in [9.17, 15) is 4.79 Å². The van der Waals surface area contributed by atoms with Crippen molar-refractivity contribution in [1.29, 1.82) is 0 Å². The van der Waals surface area contributed by atoms with Gasteiger partial charge < -0.3 is 15.0 Å². The van der Waals surface area contributed by atoms with Gasteiger partial charge in [0, 0.05) is 23.3 Å². The zero-order valence-corrected chi connectivity index (χ0v) is 18.1. The van der Waals surface area contributed by atoms with Crippen LogP contribution in [0.15, 0.2) is 17.5 Å². The summed E-state index contributed by atoms with van der Waals surface area (Å²) in [6, 6.07) is 3.91. The molecule has 0 bridgehead atoms. The number of thiazole rings is 1. The lowest BCUT2D eigenvalue weighted by molar-refractivity contribution is -0.138. The summed E-state index contributed by atoms with van der Waals surface area (Å²) >= 11 is 3.06. The molecule has 1 aliphatic rings. The molecule has 152 valence electrons. The van der Waals surface area contributed by atoms with Gasteiger partial charge in [0.25, 0.3) is 0 Å². The molecule has 1 fully saturated rings. The van der Waals surface area contributed by atoms with E-state index in [4.69, 9.17) is 4.74 Å². The van der Waals surface area contributed by atoms with Crippen LogP contribution in [-0.4, -0.2) is 50.7 Å². The quantitative estimate of drug-likeness (QED) is 0.664. The van der Waals surface area contributed by atoms with E-state index in [0.29, 0.717) is 26.1 Å². The van der Waals surface area contributed by atoms with Crippen LogP contribution in [0.25, 0.3) is 0 Å². The number of nitrogens with one attached hydrogen (secondary N) is 1. The number of amides is 1. The molecule has 3 aromatic heterocycles. The molecule has 0 spiro atoms. The van der Waals surface area contributed by atoms with Crippen LogP contribution < -0.4 is 5.32 Å². The van der Waals surface area contributed by atoms with Crippen molar-refractivity contribution in [3.8, 4) is 0 Å². The maximum Gasteiger partial charge on any atom is 0.228 e. The number of rotatable bonds is 5. The Hall–Kier alpha value is -2.43. The van der Waals surface area contributed by atoms with E-state index in [0.717, 1.165) is 37.9 Å². The van der Waals surface area contributed by atoms with Crippen molar-refractivity contribution in [3.63, 3.8) is 0 Å². The number of hydrogen-bond donors (Lipinski definition) is 1. The Labute approximate surface area is 177 Å². The highest BCUT2D eigenvalue weighted by atomic mass is 32.1. The lowest BCUT2D eigenvalue weighted by atomic mass is 10.1. The Balaban J connectivity index is 1.46. The molecule has 8 nitrogen and oxygen atoms in total. The van der Waals surface area contributed by atoms with Gasteiger partial charge in [-0.15, -0.1) is 21.5 Å². The van der Waals surface area contributed by atoms with Gasteiger partial charge in [0.2, 0.25) is 11.0 Å². The van der Waals surface area contributed by atoms with Crippen molar-refractivity contribution in [2.45, 2.75) is 33.3 Å². The molecule has 1 amide bonds. The molecule has 0 saturated carbocycles. The fourth-order valence-electron chi connectivity index (χ4n) is 3.21. The predicted molar refractivity (Wildman–Crippen MR) is 113 cm³/mol. The molecule has 4 rings (SSSR count). The van der Waals surface area contributed by atoms with E-state index < -0.39 is 0 Å². The molecular formula is C19H22N6O2S2. The Morgan fingerprint density at radius 2 is 2.10 bits per heavy atom. The largest absolute Gasteiger partial charge is 0.368 e. The second-order valence-corrected chi connectivity index (χ2v) is 9.15. The third-order valence-corrected chi connectivity index (χ3v) is 6.07. The van der Waals surface area contributed by atoms with Crippen molar-refractivity contribution >= 4 is 39.4 Å².